The number of rotatable bonds is 5. The van der Waals surface area contributed by atoms with Gasteiger partial charge in [0.05, 0.1) is 0 Å². The number of nitrogens with one attached hydrogen (secondary N) is 1. The molecule has 0 heterocycles. The molecule has 2 atom stereocenters. The third kappa shape index (κ3) is 3.05. The zero-order valence-corrected chi connectivity index (χ0v) is 10.1. The molecule has 2 unspecified atom stereocenters. The molecule has 2 nitrogen and oxygen atoms in total. The van der Waals surface area contributed by atoms with Gasteiger partial charge in [0, 0.05) is 7.11 Å². The molecule has 0 aliphatic carbocycles. The molecule has 0 bridgehead atoms. The molecule has 1 N–H and O–H groups in total. The summed E-state index contributed by atoms with van der Waals surface area (Å²) in [5.74, 6) is 0.634. The summed E-state index contributed by atoms with van der Waals surface area (Å²) in [4.78, 5) is 0. The van der Waals surface area contributed by atoms with Crippen LogP contribution in [-0.4, -0.2) is 14.2 Å². The highest BCUT2D eigenvalue weighted by molar-refractivity contribution is 5.26. The fourth-order valence-electron chi connectivity index (χ4n) is 1.66. The first-order valence-corrected chi connectivity index (χ1v) is 5.52. The Labute approximate surface area is 92.6 Å². The van der Waals surface area contributed by atoms with Crippen LogP contribution < -0.4 is 5.32 Å². The molecule has 0 spiro atoms. The summed E-state index contributed by atoms with van der Waals surface area (Å²) in [5, 5.41) is 3.11. The van der Waals surface area contributed by atoms with Crippen LogP contribution in [0.5, 0.6) is 0 Å². The summed E-state index contributed by atoms with van der Waals surface area (Å²) in [5.41, 5.74) is 2.57. The zero-order valence-electron chi connectivity index (χ0n) is 10.1. The second-order valence-corrected chi connectivity index (χ2v) is 3.88. The van der Waals surface area contributed by atoms with Crippen LogP contribution in [0.4, 0.5) is 0 Å². The Hall–Kier alpha value is -0.860. The fourth-order valence-corrected chi connectivity index (χ4v) is 1.66. The number of methoxy groups -OCH3 is 1. The van der Waals surface area contributed by atoms with E-state index in [0.29, 0.717) is 5.92 Å². The van der Waals surface area contributed by atoms with Crippen LogP contribution in [0.2, 0.25) is 0 Å². The molecule has 1 rings (SSSR count). The van der Waals surface area contributed by atoms with Gasteiger partial charge in [0.25, 0.3) is 0 Å². The van der Waals surface area contributed by atoms with Crippen molar-refractivity contribution in [2.45, 2.75) is 32.4 Å². The minimum atomic E-state index is -0.00372. The van der Waals surface area contributed by atoms with Crippen LogP contribution in [-0.2, 0) is 4.74 Å². The van der Waals surface area contributed by atoms with E-state index >= 15 is 0 Å². The van der Waals surface area contributed by atoms with E-state index in [2.05, 4.69) is 43.4 Å². The van der Waals surface area contributed by atoms with Crippen molar-refractivity contribution in [1.29, 1.82) is 0 Å². The Morgan fingerprint density at radius 2 is 1.73 bits per heavy atom. The summed E-state index contributed by atoms with van der Waals surface area (Å²) in [6, 6.07) is 8.64. The van der Waals surface area contributed by atoms with Crippen molar-refractivity contribution in [3.05, 3.63) is 35.4 Å². The Kier molecular flexibility index (Phi) is 4.79. The molecule has 0 amide bonds. The monoisotopic (exact) mass is 207 g/mol. The second kappa shape index (κ2) is 5.89. The van der Waals surface area contributed by atoms with E-state index in [0.717, 1.165) is 0 Å². The van der Waals surface area contributed by atoms with Gasteiger partial charge in [0.1, 0.15) is 6.23 Å². The van der Waals surface area contributed by atoms with Gasteiger partial charge in [-0.15, -0.1) is 0 Å². The van der Waals surface area contributed by atoms with Gasteiger partial charge < -0.3 is 4.74 Å². The average Bonchev–Trinajstić information content (AvgIpc) is 2.30. The summed E-state index contributed by atoms with van der Waals surface area (Å²) < 4.78 is 5.30. The van der Waals surface area contributed by atoms with Gasteiger partial charge >= 0.3 is 0 Å². The maximum atomic E-state index is 5.30. The molecule has 0 aliphatic heterocycles. The van der Waals surface area contributed by atoms with Crippen molar-refractivity contribution < 1.29 is 4.74 Å². The quantitative estimate of drug-likeness (QED) is 0.749. The van der Waals surface area contributed by atoms with Gasteiger partial charge in [0.15, 0.2) is 0 Å². The molecule has 0 radical (unpaired) electrons. The number of ether oxygens (including phenoxy) is 1. The summed E-state index contributed by atoms with van der Waals surface area (Å²) in [6.45, 7) is 4.46. The number of hydrogen-bond acceptors (Lipinski definition) is 2. The summed E-state index contributed by atoms with van der Waals surface area (Å²) in [6.07, 6.45) is 1.18. The molecule has 0 fully saturated rings. The van der Waals surface area contributed by atoms with Crippen molar-refractivity contribution in [2.75, 3.05) is 14.2 Å². The highest BCUT2D eigenvalue weighted by Crippen LogP contribution is 2.21. The van der Waals surface area contributed by atoms with E-state index in [1.54, 1.807) is 7.11 Å². The van der Waals surface area contributed by atoms with E-state index in [9.17, 15) is 0 Å². The van der Waals surface area contributed by atoms with Crippen LogP contribution in [0.15, 0.2) is 24.3 Å². The van der Waals surface area contributed by atoms with Crippen molar-refractivity contribution in [1.82, 2.24) is 5.32 Å². The number of benzene rings is 1. The average molecular weight is 207 g/mol. The normalized spacial score (nSPS) is 14.9. The van der Waals surface area contributed by atoms with E-state index in [1.165, 1.54) is 17.5 Å². The van der Waals surface area contributed by atoms with Crippen LogP contribution in [0.3, 0.4) is 0 Å². The summed E-state index contributed by atoms with van der Waals surface area (Å²) in [7, 11) is 3.61. The molecule has 2 heteroatoms. The maximum absolute atomic E-state index is 5.30. The lowest BCUT2D eigenvalue weighted by molar-refractivity contribution is 0.0809. The molecule has 84 valence electrons. The van der Waals surface area contributed by atoms with Gasteiger partial charge in [-0.05, 0) is 30.5 Å². The van der Waals surface area contributed by atoms with Gasteiger partial charge in [-0.3, -0.25) is 5.32 Å². The fraction of sp³-hybridized carbons (Fsp3) is 0.538. The minimum absolute atomic E-state index is 0.00372. The first-order valence-electron chi connectivity index (χ1n) is 5.52. The first-order chi connectivity index (χ1) is 7.22. The largest absolute Gasteiger partial charge is 0.362 e. The van der Waals surface area contributed by atoms with Gasteiger partial charge in [-0.1, -0.05) is 38.1 Å². The lowest BCUT2D eigenvalue weighted by Gasteiger charge is -2.16. The predicted molar refractivity (Wildman–Crippen MR) is 64.0 cm³/mol. The predicted octanol–water partition coefficient (Wildman–Crippen LogP) is 3.06. The smallest absolute Gasteiger partial charge is 0.133 e. The Bertz CT molecular complexity index is 277. The van der Waals surface area contributed by atoms with E-state index in [1.807, 2.05) is 7.05 Å². The topological polar surface area (TPSA) is 21.3 Å². The SMILES string of the molecule is CCC(C)c1ccc(C(NC)OC)cc1. The standard InChI is InChI=1S/C13H21NO/c1-5-10(2)11-6-8-12(9-7-11)13(14-3)15-4/h6-10,13-14H,5H2,1-4H3. The third-order valence-electron chi connectivity index (χ3n) is 2.92. The molecule has 1 aromatic rings. The molecular weight excluding hydrogens is 186 g/mol. The van der Waals surface area contributed by atoms with Crippen molar-refractivity contribution >= 4 is 0 Å². The molecule has 0 aliphatic rings. The second-order valence-electron chi connectivity index (χ2n) is 3.88. The minimum Gasteiger partial charge on any atom is -0.362 e. The highest BCUT2D eigenvalue weighted by atomic mass is 16.5. The van der Waals surface area contributed by atoms with Crippen molar-refractivity contribution in [3.63, 3.8) is 0 Å². The first kappa shape index (κ1) is 12.2. The van der Waals surface area contributed by atoms with Crippen molar-refractivity contribution in [3.8, 4) is 0 Å². The molecule has 0 saturated heterocycles. The van der Waals surface area contributed by atoms with E-state index in [4.69, 9.17) is 4.74 Å². The van der Waals surface area contributed by atoms with E-state index in [-0.39, 0.29) is 6.23 Å². The van der Waals surface area contributed by atoms with Crippen LogP contribution in [0, 0.1) is 0 Å². The third-order valence-corrected chi connectivity index (χ3v) is 2.92. The van der Waals surface area contributed by atoms with Gasteiger partial charge in [0.2, 0.25) is 0 Å². The molecular formula is C13H21NO. The Morgan fingerprint density at radius 3 is 2.13 bits per heavy atom. The van der Waals surface area contributed by atoms with Crippen molar-refractivity contribution in [2.24, 2.45) is 0 Å². The Balaban J connectivity index is 2.79. The molecule has 1 aromatic carbocycles. The van der Waals surface area contributed by atoms with E-state index < -0.39 is 0 Å². The molecule has 0 saturated carbocycles. The van der Waals surface area contributed by atoms with Crippen LogP contribution in [0.25, 0.3) is 0 Å². The highest BCUT2D eigenvalue weighted by Gasteiger charge is 2.08. The number of hydrogen-bond donors (Lipinski definition) is 1. The lowest BCUT2D eigenvalue weighted by atomic mass is 9.97. The zero-order chi connectivity index (χ0) is 11.3. The van der Waals surface area contributed by atoms with Gasteiger partial charge in [-0.25, -0.2) is 0 Å². The van der Waals surface area contributed by atoms with Crippen LogP contribution in [0.1, 0.15) is 43.5 Å². The van der Waals surface area contributed by atoms with Gasteiger partial charge in [-0.2, -0.15) is 0 Å². The maximum Gasteiger partial charge on any atom is 0.133 e. The summed E-state index contributed by atoms with van der Waals surface area (Å²) >= 11 is 0. The Morgan fingerprint density at radius 1 is 1.20 bits per heavy atom. The molecule has 15 heavy (non-hydrogen) atoms. The van der Waals surface area contributed by atoms with Crippen LogP contribution >= 0.6 is 0 Å². The lowest BCUT2D eigenvalue weighted by Crippen LogP contribution is -2.17. The molecule has 0 aromatic heterocycles.